The van der Waals surface area contributed by atoms with Crippen LogP contribution in [0, 0.1) is 0 Å². The fourth-order valence-corrected chi connectivity index (χ4v) is 2.47. The first-order chi connectivity index (χ1) is 13.5. The lowest BCUT2D eigenvalue weighted by atomic mass is 10.1. The normalized spacial score (nSPS) is 10.0. The van der Waals surface area contributed by atoms with Crippen LogP contribution in [0.3, 0.4) is 0 Å². The zero-order chi connectivity index (χ0) is 20.5. The van der Waals surface area contributed by atoms with Gasteiger partial charge in [0.05, 0.1) is 26.9 Å². The van der Waals surface area contributed by atoms with Crippen molar-refractivity contribution in [3.05, 3.63) is 42.0 Å². The van der Waals surface area contributed by atoms with Gasteiger partial charge in [0, 0.05) is 30.4 Å². The van der Waals surface area contributed by atoms with E-state index in [1.165, 1.54) is 21.3 Å². The summed E-state index contributed by atoms with van der Waals surface area (Å²) in [6, 6.07) is 9.89. The Morgan fingerprint density at radius 1 is 0.929 bits per heavy atom. The smallest absolute Gasteiger partial charge is 0.259 e. The molecule has 0 aliphatic carbocycles. The lowest BCUT2D eigenvalue weighted by molar-refractivity contribution is -0.122. The number of ether oxygens (including phenoxy) is 4. The van der Waals surface area contributed by atoms with E-state index >= 15 is 0 Å². The maximum absolute atomic E-state index is 12.7. The van der Waals surface area contributed by atoms with Gasteiger partial charge in [-0.15, -0.1) is 0 Å². The van der Waals surface area contributed by atoms with Gasteiger partial charge in [-0.25, -0.2) is 0 Å². The van der Waals surface area contributed by atoms with Gasteiger partial charge in [-0.2, -0.15) is 0 Å². The number of benzene rings is 2. The van der Waals surface area contributed by atoms with Crippen LogP contribution in [0.15, 0.2) is 36.4 Å². The average molecular weight is 388 g/mol. The van der Waals surface area contributed by atoms with Gasteiger partial charge in [-0.1, -0.05) is 6.07 Å². The Kier molecular flexibility index (Phi) is 7.50. The highest BCUT2D eigenvalue weighted by Gasteiger charge is 2.18. The molecule has 2 amide bonds. The highest BCUT2D eigenvalue weighted by Crippen LogP contribution is 2.35. The predicted octanol–water partition coefficient (Wildman–Crippen LogP) is 2.48. The highest BCUT2D eigenvalue weighted by atomic mass is 16.5. The first kappa shape index (κ1) is 20.9. The van der Waals surface area contributed by atoms with Gasteiger partial charge < -0.3 is 29.6 Å². The van der Waals surface area contributed by atoms with Gasteiger partial charge in [-0.3, -0.25) is 9.59 Å². The number of hydrogen-bond donors (Lipinski definition) is 2. The molecule has 0 aromatic heterocycles. The Labute approximate surface area is 163 Å². The highest BCUT2D eigenvalue weighted by molar-refractivity contribution is 6.06. The summed E-state index contributed by atoms with van der Waals surface area (Å²) in [7, 11) is 4.46. The molecule has 0 unspecified atom stereocenters. The van der Waals surface area contributed by atoms with E-state index in [9.17, 15) is 9.59 Å². The summed E-state index contributed by atoms with van der Waals surface area (Å²) in [4.78, 5) is 24.2. The topological polar surface area (TPSA) is 95.1 Å². The van der Waals surface area contributed by atoms with Crippen LogP contribution in [-0.2, 0) is 4.79 Å². The van der Waals surface area contributed by atoms with Crippen LogP contribution in [-0.4, -0.2) is 46.3 Å². The number of hydrogen-bond acceptors (Lipinski definition) is 6. The van der Waals surface area contributed by atoms with E-state index < -0.39 is 5.91 Å². The van der Waals surface area contributed by atoms with Crippen molar-refractivity contribution in [3.63, 3.8) is 0 Å². The fraction of sp³-hybridized carbons (Fsp3) is 0.300. The van der Waals surface area contributed by atoms with Crippen LogP contribution < -0.4 is 29.6 Å². The molecule has 2 aromatic rings. The number of nitrogens with one attached hydrogen (secondary N) is 2. The summed E-state index contributed by atoms with van der Waals surface area (Å²) in [6.07, 6.45) is 0. The van der Waals surface area contributed by atoms with Crippen molar-refractivity contribution in [3.8, 4) is 23.0 Å². The molecule has 0 spiro atoms. The molecule has 2 N–H and O–H groups in total. The molecule has 150 valence electrons. The molecule has 2 rings (SSSR count). The standard InChI is InChI=1S/C20H24N2O6/c1-5-21-19(23)12-28-14-8-6-7-13(9-14)22-20(24)15-10-17(26-3)18(27-4)11-16(15)25-2/h6-11H,5,12H2,1-4H3,(H,21,23)(H,22,24). The Balaban J connectivity index is 2.16. The number of carbonyl (C=O) groups excluding carboxylic acids is 2. The quantitative estimate of drug-likeness (QED) is 0.685. The molecule has 0 bridgehead atoms. The molecule has 8 heteroatoms. The van der Waals surface area contributed by atoms with Gasteiger partial charge in [0.15, 0.2) is 18.1 Å². The van der Waals surface area contributed by atoms with Crippen LogP contribution in [0.5, 0.6) is 23.0 Å². The van der Waals surface area contributed by atoms with Crippen molar-refractivity contribution in [1.82, 2.24) is 5.32 Å². The van der Waals surface area contributed by atoms with Crippen LogP contribution in [0.2, 0.25) is 0 Å². The minimum atomic E-state index is -0.390. The number of anilines is 1. The van der Waals surface area contributed by atoms with Gasteiger partial charge in [0.2, 0.25) is 0 Å². The Morgan fingerprint density at radius 2 is 1.61 bits per heavy atom. The van der Waals surface area contributed by atoms with Crippen molar-refractivity contribution >= 4 is 17.5 Å². The van der Waals surface area contributed by atoms with Crippen LogP contribution >= 0.6 is 0 Å². The third kappa shape index (κ3) is 5.29. The van der Waals surface area contributed by atoms with E-state index in [-0.39, 0.29) is 18.1 Å². The monoisotopic (exact) mass is 388 g/mol. The lowest BCUT2D eigenvalue weighted by Gasteiger charge is -2.14. The maximum atomic E-state index is 12.7. The Bertz CT molecular complexity index is 837. The van der Waals surface area contributed by atoms with E-state index in [0.29, 0.717) is 35.2 Å². The second-order valence-electron chi connectivity index (χ2n) is 5.63. The molecule has 0 atom stereocenters. The molecule has 0 heterocycles. The number of methoxy groups -OCH3 is 3. The average Bonchev–Trinajstić information content (AvgIpc) is 2.71. The number of rotatable bonds is 9. The maximum Gasteiger partial charge on any atom is 0.259 e. The zero-order valence-electron chi connectivity index (χ0n) is 16.3. The third-order valence-electron chi connectivity index (χ3n) is 3.79. The number of carbonyl (C=O) groups is 2. The van der Waals surface area contributed by atoms with E-state index in [0.717, 1.165) is 0 Å². The molecule has 0 saturated carbocycles. The van der Waals surface area contributed by atoms with Gasteiger partial charge in [-0.05, 0) is 19.1 Å². The van der Waals surface area contributed by atoms with Crippen molar-refractivity contribution < 1.29 is 28.5 Å². The zero-order valence-corrected chi connectivity index (χ0v) is 16.3. The van der Waals surface area contributed by atoms with Crippen molar-refractivity contribution in [1.29, 1.82) is 0 Å². The largest absolute Gasteiger partial charge is 0.496 e. The molecule has 0 aliphatic heterocycles. The van der Waals surface area contributed by atoms with E-state index in [1.54, 1.807) is 36.4 Å². The summed E-state index contributed by atoms with van der Waals surface area (Å²) in [5.74, 6) is 1.07. The fourth-order valence-electron chi connectivity index (χ4n) is 2.47. The molecule has 0 radical (unpaired) electrons. The Morgan fingerprint density at radius 3 is 2.25 bits per heavy atom. The van der Waals surface area contributed by atoms with Crippen LogP contribution in [0.1, 0.15) is 17.3 Å². The first-order valence-corrected chi connectivity index (χ1v) is 8.63. The molecule has 8 nitrogen and oxygen atoms in total. The molecule has 28 heavy (non-hydrogen) atoms. The second kappa shape index (κ2) is 10.1. The third-order valence-corrected chi connectivity index (χ3v) is 3.79. The van der Waals surface area contributed by atoms with Crippen molar-refractivity contribution in [2.24, 2.45) is 0 Å². The SMILES string of the molecule is CCNC(=O)COc1cccc(NC(=O)c2cc(OC)c(OC)cc2OC)c1. The molecular weight excluding hydrogens is 364 g/mol. The minimum Gasteiger partial charge on any atom is -0.496 e. The number of likely N-dealkylation sites (N-methyl/N-ethyl adjacent to an activating group) is 1. The molecular formula is C20H24N2O6. The van der Waals surface area contributed by atoms with Gasteiger partial charge in [0.25, 0.3) is 11.8 Å². The molecule has 0 aliphatic rings. The summed E-state index contributed by atoms with van der Waals surface area (Å²) < 4.78 is 21.2. The van der Waals surface area contributed by atoms with E-state index in [2.05, 4.69) is 10.6 Å². The summed E-state index contributed by atoms with van der Waals surface area (Å²) in [6.45, 7) is 2.26. The summed E-state index contributed by atoms with van der Waals surface area (Å²) in [5, 5.41) is 5.43. The van der Waals surface area contributed by atoms with Crippen LogP contribution in [0.4, 0.5) is 5.69 Å². The molecule has 0 fully saturated rings. The van der Waals surface area contributed by atoms with Crippen molar-refractivity contribution in [2.75, 3.05) is 39.8 Å². The molecule has 0 saturated heterocycles. The van der Waals surface area contributed by atoms with Crippen LogP contribution in [0.25, 0.3) is 0 Å². The second-order valence-corrected chi connectivity index (χ2v) is 5.63. The molecule has 2 aromatic carbocycles. The summed E-state index contributed by atoms with van der Waals surface area (Å²) >= 11 is 0. The lowest BCUT2D eigenvalue weighted by Crippen LogP contribution is -2.28. The Hall–Kier alpha value is -3.42. The van der Waals surface area contributed by atoms with Gasteiger partial charge in [0.1, 0.15) is 11.5 Å². The van der Waals surface area contributed by atoms with Crippen molar-refractivity contribution in [2.45, 2.75) is 6.92 Å². The van der Waals surface area contributed by atoms with E-state index in [1.807, 2.05) is 6.92 Å². The summed E-state index contributed by atoms with van der Waals surface area (Å²) in [5.41, 5.74) is 0.795. The van der Waals surface area contributed by atoms with Gasteiger partial charge >= 0.3 is 0 Å². The minimum absolute atomic E-state index is 0.102. The first-order valence-electron chi connectivity index (χ1n) is 8.63. The van der Waals surface area contributed by atoms with E-state index in [4.69, 9.17) is 18.9 Å². The number of amides is 2. The predicted molar refractivity (Wildman–Crippen MR) is 105 cm³/mol.